The number of rotatable bonds is 6. The summed E-state index contributed by atoms with van der Waals surface area (Å²) in [5, 5.41) is 6.29. The second-order valence-electron chi connectivity index (χ2n) is 7.15. The predicted octanol–water partition coefficient (Wildman–Crippen LogP) is 2.16. The highest BCUT2D eigenvalue weighted by Gasteiger charge is 2.28. The van der Waals surface area contributed by atoms with Gasteiger partial charge in [0.15, 0.2) is 15.8 Å². The van der Waals surface area contributed by atoms with Crippen molar-refractivity contribution in [2.75, 3.05) is 32.5 Å². The van der Waals surface area contributed by atoms with Crippen LogP contribution in [0, 0.1) is 0 Å². The first-order valence-corrected chi connectivity index (χ1v) is 10.3. The molecule has 0 saturated carbocycles. The van der Waals surface area contributed by atoms with Crippen LogP contribution >= 0.6 is 24.0 Å². The van der Waals surface area contributed by atoms with Gasteiger partial charge in [-0.05, 0) is 44.4 Å². The lowest BCUT2D eigenvalue weighted by molar-refractivity contribution is 0.357. The van der Waals surface area contributed by atoms with E-state index >= 15 is 0 Å². The number of nitrogens with one attached hydrogen (secondary N) is 2. The molecule has 0 radical (unpaired) electrons. The summed E-state index contributed by atoms with van der Waals surface area (Å²) in [5.74, 6) is 1.70. The Bertz CT molecular complexity index is 728. The summed E-state index contributed by atoms with van der Waals surface area (Å²) in [5.41, 5.74) is 2.52. The Morgan fingerprint density at radius 1 is 1.23 bits per heavy atom. The summed E-state index contributed by atoms with van der Waals surface area (Å²) in [6.07, 6.45) is 1.84. The molecule has 0 fully saturated rings. The average molecular weight is 495 g/mol. The molecule has 1 aromatic rings. The average Bonchev–Trinajstić information content (AvgIpc) is 2.99. The van der Waals surface area contributed by atoms with E-state index in [0.29, 0.717) is 12.5 Å². The number of halogens is 1. The van der Waals surface area contributed by atoms with Crippen LogP contribution in [0.3, 0.4) is 0 Å². The lowest BCUT2D eigenvalue weighted by Crippen LogP contribution is -2.42. The van der Waals surface area contributed by atoms with Gasteiger partial charge < -0.3 is 15.4 Å². The van der Waals surface area contributed by atoms with E-state index in [-0.39, 0.29) is 29.7 Å². The summed E-state index contributed by atoms with van der Waals surface area (Å²) in [7, 11) is -1.45. The van der Waals surface area contributed by atoms with E-state index in [9.17, 15) is 8.42 Å². The summed E-state index contributed by atoms with van der Waals surface area (Å²) >= 11 is 0. The van der Waals surface area contributed by atoms with E-state index in [1.54, 1.807) is 27.8 Å². The van der Waals surface area contributed by atoms with Crippen LogP contribution in [0.2, 0.25) is 0 Å². The van der Waals surface area contributed by atoms with Gasteiger partial charge in [0.2, 0.25) is 0 Å². The zero-order valence-electron chi connectivity index (χ0n) is 16.0. The maximum Gasteiger partial charge on any atom is 0.191 e. The van der Waals surface area contributed by atoms with Crippen LogP contribution in [0.5, 0.6) is 5.75 Å². The Kier molecular flexibility index (Phi) is 8.65. The first kappa shape index (κ1) is 23.0. The molecule has 0 bridgehead atoms. The predicted molar refractivity (Wildman–Crippen MR) is 118 cm³/mol. The van der Waals surface area contributed by atoms with Crippen molar-refractivity contribution in [3.8, 4) is 5.75 Å². The van der Waals surface area contributed by atoms with E-state index < -0.39 is 14.6 Å². The summed E-state index contributed by atoms with van der Waals surface area (Å²) in [4.78, 5) is 4.14. The maximum absolute atomic E-state index is 12.1. The normalized spacial score (nSPS) is 14.2. The largest absolute Gasteiger partial charge is 0.493 e. The Hall–Kier alpha value is -1.03. The highest BCUT2D eigenvalue weighted by atomic mass is 127. The van der Waals surface area contributed by atoms with E-state index in [1.807, 2.05) is 6.07 Å². The second-order valence-corrected chi connectivity index (χ2v) is 10.0. The molecule has 6 nitrogen and oxygen atoms in total. The van der Waals surface area contributed by atoms with E-state index in [4.69, 9.17) is 4.74 Å². The highest BCUT2D eigenvalue weighted by Crippen LogP contribution is 2.25. The van der Waals surface area contributed by atoms with Crippen molar-refractivity contribution in [2.45, 2.75) is 38.4 Å². The fourth-order valence-electron chi connectivity index (χ4n) is 2.55. The van der Waals surface area contributed by atoms with Crippen LogP contribution in [-0.4, -0.2) is 51.6 Å². The Balaban J connectivity index is 0.00000338. The van der Waals surface area contributed by atoms with Gasteiger partial charge in [-0.15, -0.1) is 24.0 Å². The Morgan fingerprint density at radius 3 is 2.58 bits per heavy atom. The molecule has 0 spiro atoms. The monoisotopic (exact) mass is 495 g/mol. The van der Waals surface area contributed by atoms with Gasteiger partial charge in [0.05, 0.1) is 17.1 Å². The molecule has 2 N–H and O–H groups in total. The van der Waals surface area contributed by atoms with Crippen molar-refractivity contribution in [3.63, 3.8) is 0 Å². The minimum absolute atomic E-state index is 0. The standard InChI is InChI=1S/C18H29N3O3S.HI/c1-18(2,3)25(22,23)12-10-21-17(19-4)20-9-7-14-5-6-16-15(13-14)8-11-24-16;/h5-6,13H,7-12H2,1-4H3,(H2,19,20,21);1H. The highest BCUT2D eigenvalue weighted by molar-refractivity contribution is 14.0. The van der Waals surface area contributed by atoms with Crippen molar-refractivity contribution in [3.05, 3.63) is 29.3 Å². The molecule has 1 heterocycles. The number of ether oxygens (including phenoxy) is 1. The minimum Gasteiger partial charge on any atom is -0.493 e. The number of hydrogen-bond acceptors (Lipinski definition) is 4. The van der Waals surface area contributed by atoms with Crippen LogP contribution in [-0.2, 0) is 22.7 Å². The van der Waals surface area contributed by atoms with Gasteiger partial charge in [-0.3, -0.25) is 4.99 Å². The van der Waals surface area contributed by atoms with Gasteiger partial charge in [-0.2, -0.15) is 0 Å². The first-order valence-electron chi connectivity index (χ1n) is 8.64. The molecule has 1 aliphatic heterocycles. The van der Waals surface area contributed by atoms with E-state index in [1.165, 1.54) is 11.1 Å². The van der Waals surface area contributed by atoms with Crippen LogP contribution in [0.1, 0.15) is 31.9 Å². The van der Waals surface area contributed by atoms with Gasteiger partial charge >= 0.3 is 0 Å². The summed E-state index contributed by atoms with van der Waals surface area (Å²) < 4.78 is 29.0. The number of sulfone groups is 1. The molecular formula is C18H30IN3O3S. The molecule has 0 atom stereocenters. The van der Waals surface area contributed by atoms with Crippen molar-refractivity contribution in [1.82, 2.24) is 10.6 Å². The molecular weight excluding hydrogens is 465 g/mol. The van der Waals surface area contributed by atoms with Crippen LogP contribution in [0.4, 0.5) is 0 Å². The molecule has 8 heteroatoms. The first-order chi connectivity index (χ1) is 11.7. The zero-order chi connectivity index (χ0) is 18.5. The summed E-state index contributed by atoms with van der Waals surface area (Å²) in [6, 6.07) is 6.30. The molecule has 0 unspecified atom stereocenters. The number of hydrogen-bond donors (Lipinski definition) is 2. The lowest BCUT2D eigenvalue weighted by Gasteiger charge is -2.19. The lowest BCUT2D eigenvalue weighted by atomic mass is 10.1. The molecule has 26 heavy (non-hydrogen) atoms. The number of aliphatic imine (C=N–C) groups is 1. The van der Waals surface area contributed by atoms with Gasteiger partial charge in [-0.1, -0.05) is 12.1 Å². The third kappa shape index (κ3) is 6.29. The third-order valence-electron chi connectivity index (χ3n) is 4.28. The minimum atomic E-state index is -3.13. The number of fused-ring (bicyclic) bond motifs is 1. The van der Waals surface area contributed by atoms with Gasteiger partial charge in [-0.25, -0.2) is 8.42 Å². The smallest absolute Gasteiger partial charge is 0.191 e. The molecule has 1 aliphatic rings. The number of nitrogens with zero attached hydrogens (tertiary/aromatic N) is 1. The fourth-order valence-corrected chi connectivity index (χ4v) is 3.53. The Morgan fingerprint density at radius 2 is 1.92 bits per heavy atom. The third-order valence-corrected chi connectivity index (χ3v) is 6.89. The van der Waals surface area contributed by atoms with Gasteiger partial charge in [0.1, 0.15) is 5.75 Å². The molecule has 2 rings (SSSR count). The summed E-state index contributed by atoms with van der Waals surface area (Å²) in [6.45, 7) is 7.00. The van der Waals surface area contributed by atoms with Crippen LogP contribution in [0.15, 0.2) is 23.2 Å². The molecule has 0 aromatic heterocycles. The van der Waals surface area contributed by atoms with Crippen LogP contribution in [0.25, 0.3) is 0 Å². The van der Waals surface area contributed by atoms with Crippen LogP contribution < -0.4 is 15.4 Å². The van der Waals surface area contributed by atoms with Crippen molar-refractivity contribution in [1.29, 1.82) is 0 Å². The molecule has 1 aromatic carbocycles. The van der Waals surface area contributed by atoms with E-state index in [0.717, 1.165) is 31.7 Å². The maximum atomic E-state index is 12.1. The molecule has 0 amide bonds. The quantitative estimate of drug-likeness (QED) is 0.359. The molecule has 148 valence electrons. The second kappa shape index (κ2) is 9.77. The number of benzene rings is 1. The van der Waals surface area contributed by atoms with Crippen molar-refractivity contribution < 1.29 is 13.2 Å². The zero-order valence-corrected chi connectivity index (χ0v) is 19.1. The fraction of sp³-hybridized carbons (Fsp3) is 0.611. The Labute approximate surface area is 174 Å². The SMILES string of the molecule is CN=C(NCCc1ccc2c(c1)CCO2)NCCS(=O)(=O)C(C)(C)C.I. The van der Waals surface area contributed by atoms with Gasteiger partial charge in [0.25, 0.3) is 0 Å². The molecule has 0 aliphatic carbocycles. The van der Waals surface area contributed by atoms with Crippen molar-refractivity contribution in [2.24, 2.45) is 4.99 Å². The van der Waals surface area contributed by atoms with E-state index in [2.05, 4.69) is 27.8 Å². The van der Waals surface area contributed by atoms with Gasteiger partial charge in [0, 0.05) is 26.6 Å². The molecule has 0 saturated heterocycles. The van der Waals surface area contributed by atoms with Crippen molar-refractivity contribution >= 4 is 39.8 Å². The topological polar surface area (TPSA) is 79.8 Å². The number of guanidine groups is 1.